The molecule has 0 amide bonds. The lowest BCUT2D eigenvalue weighted by Gasteiger charge is -2.10. The van der Waals surface area contributed by atoms with Gasteiger partial charge in [0.2, 0.25) is 0 Å². The molecule has 1 unspecified atom stereocenters. The summed E-state index contributed by atoms with van der Waals surface area (Å²) in [6, 6.07) is 2.62. The van der Waals surface area contributed by atoms with Crippen LogP contribution in [-0.4, -0.2) is 9.55 Å². The molecular weight excluding hydrogens is 242 g/mol. The summed E-state index contributed by atoms with van der Waals surface area (Å²) in [5, 5.41) is 0. The van der Waals surface area contributed by atoms with Gasteiger partial charge in [0, 0.05) is 6.54 Å². The molecule has 1 atom stereocenters. The molecule has 1 heterocycles. The van der Waals surface area contributed by atoms with E-state index in [0.29, 0.717) is 22.8 Å². The number of benzene rings is 1. The predicted molar refractivity (Wildman–Crippen MR) is 66.5 cm³/mol. The van der Waals surface area contributed by atoms with Crippen molar-refractivity contribution in [3.8, 4) is 0 Å². The number of aromatic nitrogens is 2. The van der Waals surface area contributed by atoms with E-state index < -0.39 is 11.6 Å². The summed E-state index contributed by atoms with van der Waals surface area (Å²) in [4.78, 5) is 2.90. The molecule has 0 saturated carbocycles. The molecule has 0 aliphatic carbocycles. The van der Waals surface area contributed by atoms with Crippen LogP contribution in [0.3, 0.4) is 0 Å². The van der Waals surface area contributed by atoms with E-state index >= 15 is 0 Å². The van der Waals surface area contributed by atoms with Crippen LogP contribution in [0.25, 0.3) is 11.0 Å². The highest BCUT2D eigenvalue weighted by molar-refractivity contribution is 7.71. The maximum Gasteiger partial charge on any atom is 0.184 e. The Kier molecular flexibility index (Phi) is 3.28. The Labute approximate surface area is 103 Å². The van der Waals surface area contributed by atoms with Crippen molar-refractivity contribution < 1.29 is 8.78 Å². The second kappa shape index (κ2) is 4.56. The quantitative estimate of drug-likeness (QED) is 0.822. The van der Waals surface area contributed by atoms with Crippen LogP contribution in [0.15, 0.2) is 12.1 Å². The monoisotopic (exact) mass is 256 g/mol. The van der Waals surface area contributed by atoms with Crippen LogP contribution in [0.4, 0.5) is 8.78 Å². The lowest BCUT2D eigenvalue weighted by molar-refractivity contribution is 0.463. The maximum absolute atomic E-state index is 13.8. The number of halogens is 2. The molecule has 0 aliphatic rings. The van der Waals surface area contributed by atoms with Gasteiger partial charge in [0.1, 0.15) is 5.52 Å². The highest BCUT2D eigenvalue weighted by Gasteiger charge is 2.14. The minimum absolute atomic E-state index is 0.232. The van der Waals surface area contributed by atoms with Crippen molar-refractivity contribution in [3.63, 3.8) is 0 Å². The zero-order chi connectivity index (χ0) is 12.6. The standard InChI is InChI=1S/C12H14F2N2S/c1-3-7(2)6-16-11-9(15-12(16)17)5-4-8(13)10(11)14/h4-5,7H,3,6H2,1-2H3,(H,15,17). The zero-order valence-corrected chi connectivity index (χ0v) is 10.6. The number of H-pyrrole nitrogens is 1. The van der Waals surface area contributed by atoms with Gasteiger partial charge in [-0.2, -0.15) is 0 Å². The average Bonchev–Trinajstić information content (AvgIpc) is 2.61. The number of nitrogens with one attached hydrogen (secondary N) is 1. The molecule has 0 spiro atoms. The largest absolute Gasteiger partial charge is 0.330 e. The minimum Gasteiger partial charge on any atom is -0.330 e. The Balaban J connectivity index is 2.65. The summed E-state index contributed by atoms with van der Waals surface area (Å²) < 4.78 is 29.1. The minimum atomic E-state index is -0.843. The summed E-state index contributed by atoms with van der Waals surface area (Å²) >= 11 is 5.14. The highest BCUT2D eigenvalue weighted by Crippen LogP contribution is 2.21. The van der Waals surface area contributed by atoms with E-state index in [9.17, 15) is 8.78 Å². The van der Waals surface area contributed by atoms with Gasteiger partial charge in [-0.05, 0) is 30.3 Å². The van der Waals surface area contributed by atoms with E-state index in [1.54, 1.807) is 4.57 Å². The Morgan fingerprint density at radius 1 is 1.41 bits per heavy atom. The average molecular weight is 256 g/mol. The lowest BCUT2D eigenvalue weighted by atomic mass is 10.1. The van der Waals surface area contributed by atoms with Crippen LogP contribution < -0.4 is 0 Å². The molecule has 17 heavy (non-hydrogen) atoms. The van der Waals surface area contributed by atoms with E-state index in [-0.39, 0.29) is 5.52 Å². The van der Waals surface area contributed by atoms with Gasteiger partial charge in [0.05, 0.1) is 5.52 Å². The zero-order valence-electron chi connectivity index (χ0n) is 9.76. The summed E-state index contributed by atoms with van der Waals surface area (Å²) in [6.45, 7) is 4.70. The molecule has 0 bridgehead atoms. The van der Waals surface area contributed by atoms with Crippen LogP contribution in [0.1, 0.15) is 20.3 Å². The van der Waals surface area contributed by atoms with Crippen LogP contribution >= 0.6 is 12.2 Å². The van der Waals surface area contributed by atoms with Gasteiger partial charge in [0.15, 0.2) is 16.4 Å². The first kappa shape index (κ1) is 12.2. The Bertz CT molecular complexity index is 600. The molecule has 1 N–H and O–H groups in total. The molecule has 0 radical (unpaired) electrons. The molecular formula is C12H14F2N2S. The van der Waals surface area contributed by atoms with E-state index in [1.165, 1.54) is 6.07 Å². The van der Waals surface area contributed by atoms with Crippen LogP contribution in [-0.2, 0) is 6.54 Å². The molecule has 5 heteroatoms. The maximum atomic E-state index is 13.8. The number of nitrogens with zero attached hydrogens (tertiary/aromatic N) is 1. The van der Waals surface area contributed by atoms with E-state index in [2.05, 4.69) is 18.8 Å². The Morgan fingerprint density at radius 3 is 2.76 bits per heavy atom. The third-order valence-electron chi connectivity index (χ3n) is 3.02. The summed E-state index contributed by atoms with van der Waals surface area (Å²) in [7, 11) is 0. The van der Waals surface area contributed by atoms with Crippen LogP contribution in [0.5, 0.6) is 0 Å². The van der Waals surface area contributed by atoms with Crippen molar-refractivity contribution in [1.29, 1.82) is 0 Å². The van der Waals surface area contributed by atoms with Gasteiger partial charge in [-0.3, -0.25) is 0 Å². The number of imidazole rings is 1. The first-order valence-electron chi connectivity index (χ1n) is 5.61. The van der Waals surface area contributed by atoms with E-state index in [0.717, 1.165) is 12.5 Å². The van der Waals surface area contributed by atoms with Gasteiger partial charge in [-0.1, -0.05) is 20.3 Å². The third-order valence-corrected chi connectivity index (χ3v) is 3.34. The molecule has 92 valence electrons. The van der Waals surface area contributed by atoms with Gasteiger partial charge < -0.3 is 9.55 Å². The number of hydrogen-bond donors (Lipinski definition) is 1. The normalized spacial score (nSPS) is 13.2. The van der Waals surface area contributed by atoms with Gasteiger partial charge in [0.25, 0.3) is 0 Å². The first-order valence-corrected chi connectivity index (χ1v) is 6.02. The number of hydrogen-bond acceptors (Lipinski definition) is 1. The van der Waals surface area contributed by atoms with Gasteiger partial charge in [-0.25, -0.2) is 8.78 Å². The summed E-state index contributed by atoms with van der Waals surface area (Å²) in [6.07, 6.45) is 0.964. The van der Waals surface area contributed by atoms with Crippen molar-refractivity contribution in [2.24, 2.45) is 5.92 Å². The van der Waals surface area contributed by atoms with Crippen molar-refractivity contribution in [3.05, 3.63) is 28.5 Å². The first-order chi connectivity index (χ1) is 8.04. The number of fused-ring (bicyclic) bond motifs is 1. The number of rotatable bonds is 3. The molecule has 1 aromatic carbocycles. The number of aromatic amines is 1. The Morgan fingerprint density at radius 2 is 2.12 bits per heavy atom. The smallest absolute Gasteiger partial charge is 0.184 e. The SMILES string of the molecule is CCC(C)Cn1c(=S)[nH]c2ccc(F)c(F)c21. The van der Waals surface area contributed by atoms with Crippen molar-refractivity contribution in [2.45, 2.75) is 26.8 Å². The second-order valence-corrected chi connectivity index (χ2v) is 4.70. The summed E-state index contributed by atoms with van der Waals surface area (Å²) in [5.41, 5.74) is 0.771. The fourth-order valence-electron chi connectivity index (χ4n) is 1.80. The molecule has 0 saturated heterocycles. The molecule has 1 aromatic heterocycles. The highest BCUT2D eigenvalue weighted by atomic mass is 32.1. The van der Waals surface area contributed by atoms with E-state index in [4.69, 9.17) is 12.2 Å². The van der Waals surface area contributed by atoms with Crippen LogP contribution in [0, 0.1) is 22.3 Å². The fourth-order valence-corrected chi connectivity index (χ4v) is 2.08. The van der Waals surface area contributed by atoms with Crippen molar-refractivity contribution in [2.75, 3.05) is 0 Å². The molecule has 0 aliphatic heterocycles. The lowest BCUT2D eigenvalue weighted by Crippen LogP contribution is -2.07. The van der Waals surface area contributed by atoms with Crippen molar-refractivity contribution >= 4 is 23.3 Å². The molecule has 2 nitrogen and oxygen atoms in total. The third kappa shape index (κ3) is 2.11. The molecule has 2 rings (SSSR count). The van der Waals surface area contributed by atoms with E-state index in [1.807, 2.05) is 0 Å². The predicted octanol–water partition coefficient (Wildman–Crippen LogP) is 4.02. The fraction of sp³-hybridized carbons (Fsp3) is 0.417. The topological polar surface area (TPSA) is 20.7 Å². The molecule has 2 aromatic rings. The van der Waals surface area contributed by atoms with Gasteiger partial charge >= 0.3 is 0 Å². The summed E-state index contributed by atoms with van der Waals surface area (Å²) in [5.74, 6) is -1.31. The van der Waals surface area contributed by atoms with Crippen molar-refractivity contribution in [1.82, 2.24) is 9.55 Å². The Hall–Kier alpha value is -1.23. The second-order valence-electron chi connectivity index (χ2n) is 4.31. The molecule has 0 fully saturated rings. The van der Waals surface area contributed by atoms with Gasteiger partial charge in [-0.15, -0.1) is 0 Å². The van der Waals surface area contributed by atoms with Crippen LogP contribution in [0.2, 0.25) is 0 Å².